The second kappa shape index (κ2) is 3.31. The van der Waals surface area contributed by atoms with Gasteiger partial charge in [-0.1, -0.05) is 0 Å². The van der Waals surface area contributed by atoms with Gasteiger partial charge in [0.1, 0.15) is 5.82 Å². The molecular weight excluding hydrogens is 197 g/mol. The number of hydrogen-bond donors (Lipinski definition) is 1. The number of aromatic nitrogens is 1. The van der Waals surface area contributed by atoms with Crippen LogP contribution in [0.15, 0.2) is 24.4 Å². The van der Waals surface area contributed by atoms with Gasteiger partial charge in [-0.15, -0.1) is 0 Å². The first-order valence-electron chi connectivity index (χ1n) is 4.38. The van der Waals surface area contributed by atoms with Gasteiger partial charge in [-0.05, 0) is 25.1 Å². The zero-order chi connectivity index (χ0) is 11.0. The molecule has 1 aromatic heterocycles. The first-order chi connectivity index (χ1) is 7.09. The highest BCUT2D eigenvalue weighted by Gasteiger charge is 2.08. The molecule has 0 aliphatic carbocycles. The Morgan fingerprint density at radius 1 is 1.47 bits per heavy atom. The largest absolute Gasteiger partial charge is 0.478 e. The molecule has 0 amide bonds. The highest BCUT2D eigenvalue weighted by molar-refractivity contribution is 5.93. The van der Waals surface area contributed by atoms with Crippen LogP contribution in [-0.2, 0) is 0 Å². The summed E-state index contributed by atoms with van der Waals surface area (Å²) < 4.78 is 13.2. The molecule has 0 spiro atoms. The summed E-state index contributed by atoms with van der Waals surface area (Å²) in [7, 11) is 0. The van der Waals surface area contributed by atoms with E-state index in [2.05, 4.69) is 4.98 Å². The molecule has 0 bridgehead atoms. The van der Waals surface area contributed by atoms with Crippen molar-refractivity contribution in [3.8, 4) is 0 Å². The summed E-state index contributed by atoms with van der Waals surface area (Å²) in [6, 6.07) is 4.32. The van der Waals surface area contributed by atoms with E-state index >= 15 is 0 Å². The lowest BCUT2D eigenvalue weighted by Crippen LogP contribution is -1.98. The number of carbonyl (C=O) groups is 1. The number of rotatable bonds is 1. The van der Waals surface area contributed by atoms with Crippen molar-refractivity contribution in [2.45, 2.75) is 6.92 Å². The van der Waals surface area contributed by atoms with Crippen molar-refractivity contribution < 1.29 is 14.3 Å². The van der Waals surface area contributed by atoms with Crippen molar-refractivity contribution in [2.75, 3.05) is 0 Å². The lowest BCUT2D eigenvalue weighted by Gasteiger charge is -2.03. The molecule has 2 aromatic rings. The molecule has 76 valence electrons. The molecule has 1 heterocycles. The average molecular weight is 205 g/mol. The predicted octanol–water partition coefficient (Wildman–Crippen LogP) is 2.38. The molecule has 0 aliphatic heterocycles. The first-order valence-corrected chi connectivity index (χ1v) is 4.38. The Morgan fingerprint density at radius 2 is 2.20 bits per heavy atom. The van der Waals surface area contributed by atoms with E-state index < -0.39 is 5.97 Å². The van der Waals surface area contributed by atoms with Gasteiger partial charge in [0.2, 0.25) is 0 Å². The van der Waals surface area contributed by atoms with Crippen LogP contribution in [0.5, 0.6) is 0 Å². The SMILES string of the molecule is Cc1c(F)ccc2cc(C(=O)O)cnc12. The van der Waals surface area contributed by atoms with Crippen LogP contribution in [0.2, 0.25) is 0 Å². The quantitative estimate of drug-likeness (QED) is 0.777. The summed E-state index contributed by atoms with van der Waals surface area (Å²) in [5.74, 6) is -1.37. The van der Waals surface area contributed by atoms with Crippen molar-refractivity contribution in [1.29, 1.82) is 0 Å². The van der Waals surface area contributed by atoms with Crippen molar-refractivity contribution in [3.63, 3.8) is 0 Å². The van der Waals surface area contributed by atoms with Crippen LogP contribution in [0.4, 0.5) is 4.39 Å². The number of benzene rings is 1. The number of nitrogens with zero attached hydrogens (tertiary/aromatic N) is 1. The van der Waals surface area contributed by atoms with Crippen molar-refractivity contribution in [3.05, 3.63) is 41.3 Å². The van der Waals surface area contributed by atoms with Crippen LogP contribution >= 0.6 is 0 Å². The summed E-state index contributed by atoms with van der Waals surface area (Å²) in [6.07, 6.45) is 1.23. The molecule has 0 saturated heterocycles. The Hall–Kier alpha value is -1.97. The maximum absolute atomic E-state index is 13.2. The zero-order valence-corrected chi connectivity index (χ0v) is 7.99. The van der Waals surface area contributed by atoms with Crippen molar-refractivity contribution >= 4 is 16.9 Å². The van der Waals surface area contributed by atoms with Gasteiger partial charge < -0.3 is 5.11 Å². The van der Waals surface area contributed by atoms with Crippen LogP contribution < -0.4 is 0 Å². The number of carboxylic acid groups (broad SMARTS) is 1. The van der Waals surface area contributed by atoms with E-state index in [0.717, 1.165) is 0 Å². The maximum Gasteiger partial charge on any atom is 0.337 e. The number of fused-ring (bicyclic) bond motifs is 1. The molecule has 1 N–H and O–H groups in total. The smallest absolute Gasteiger partial charge is 0.337 e. The lowest BCUT2D eigenvalue weighted by atomic mass is 10.1. The monoisotopic (exact) mass is 205 g/mol. The van der Waals surface area contributed by atoms with Crippen LogP contribution in [0.3, 0.4) is 0 Å². The fourth-order valence-electron chi connectivity index (χ4n) is 1.44. The molecule has 3 nitrogen and oxygen atoms in total. The van der Waals surface area contributed by atoms with Gasteiger partial charge in [-0.25, -0.2) is 9.18 Å². The van der Waals surface area contributed by atoms with E-state index in [9.17, 15) is 9.18 Å². The summed E-state index contributed by atoms with van der Waals surface area (Å²) >= 11 is 0. The van der Waals surface area contributed by atoms with Crippen LogP contribution in [0.1, 0.15) is 15.9 Å². The number of carboxylic acids is 1. The average Bonchev–Trinajstić information content (AvgIpc) is 2.23. The second-order valence-corrected chi connectivity index (χ2v) is 3.27. The van der Waals surface area contributed by atoms with Gasteiger partial charge in [0.05, 0.1) is 11.1 Å². The molecule has 0 unspecified atom stereocenters. The summed E-state index contributed by atoms with van der Waals surface area (Å²) in [5, 5.41) is 9.39. The van der Waals surface area contributed by atoms with Gasteiger partial charge >= 0.3 is 5.97 Å². The van der Waals surface area contributed by atoms with Gasteiger partial charge in [0.25, 0.3) is 0 Å². The summed E-state index contributed by atoms with van der Waals surface area (Å²) in [4.78, 5) is 14.6. The molecule has 15 heavy (non-hydrogen) atoms. The molecule has 0 radical (unpaired) electrons. The van der Waals surface area contributed by atoms with Crippen LogP contribution in [0.25, 0.3) is 10.9 Å². The highest BCUT2D eigenvalue weighted by atomic mass is 19.1. The van der Waals surface area contributed by atoms with E-state index in [0.29, 0.717) is 16.5 Å². The highest BCUT2D eigenvalue weighted by Crippen LogP contribution is 2.19. The molecule has 1 aromatic carbocycles. The number of aryl methyl sites for hydroxylation is 1. The Kier molecular flexibility index (Phi) is 2.11. The third kappa shape index (κ3) is 1.54. The van der Waals surface area contributed by atoms with E-state index in [1.807, 2.05) is 0 Å². The van der Waals surface area contributed by atoms with E-state index in [-0.39, 0.29) is 11.4 Å². The molecule has 0 fully saturated rings. The first kappa shape index (κ1) is 9.58. The van der Waals surface area contributed by atoms with E-state index in [4.69, 9.17) is 5.11 Å². The normalized spacial score (nSPS) is 10.5. The van der Waals surface area contributed by atoms with Gasteiger partial charge in [-0.3, -0.25) is 4.98 Å². The van der Waals surface area contributed by atoms with Crippen molar-refractivity contribution in [1.82, 2.24) is 4.98 Å². The molecule has 0 saturated carbocycles. The molecule has 0 aliphatic rings. The third-order valence-electron chi connectivity index (χ3n) is 2.29. The number of halogens is 1. The topological polar surface area (TPSA) is 50.2 Å². The standard InChI is InChI=1S/C11H8FNO2/c1-6-9(12)3-2-7-4-8(11(14)15)5-13-10(6)7/h2-5H,1H3,(H,14,15). The van der Waals surface area contributed by atoms with Crippen LogP contribution in [0, 0.1) is 12.7 Å². The Morgan fingerprint density at radius 3 is 2.87 bits per heavy atom. The number of aromatic carboxylic acids is 1. The number of hydrogen-bond acceptors (Lipinski definition) is 2. The van der Waals surface area contributed by atoms with E-state index in [1.165, 1.54) is 24.4 Å². The minimum Gasteiger partial charge on any atom is -0.478 e. The fraction of sp³-hybridized carbons (Fsp3) is 0.0909. The molecule has 0 atom stereocenters. The maximum atomic E-state index is 13.2. The molecule has 2 rings (SSSR count). The Labute approximate surface area is 85.2 Å². The zero-order valence-electron chi connectivity index (χ0n) is 7.99. The Balaban J connectivity index is 2.75. The molecular formula is C11H8FNO2. The lowest BCUT2D eigenvalue weighted by molar-refractivity contribution is 0.0696. The third-order valence-corrected chi connectivity index (χ3v) is 2.29. The minimum absolute atomic E-state index is 0.105. The van der Waals surface area contributed by atoms with Gasteiger partial charge in [0, 0.05) is 17.1 Å². The molecule has 4 heteroatoms. The van der Waals surface area contributed by atoms with Crippen molar-refractivity contribution in [2.24, 2.45) is 0 Å². The summed E-state index contributed by atoms with van der Waals surface area (Å²) in [6.45, 7) is 1.62. The van der Waals surface area contributed by atoms with Crippen LogP contribution in [-0.4, -0.2) is 16.1 Å². The van der Waals surface area contributed by atoms with Gasteiger partial charge in [0.15, 0.2) is 0 Å². The van der Waals surface area contributed by atoms with E-state index in [1.54, 1.807) is 6.92 Å². The fourth-order valence-corrected chi connectivity index (χ4v) is 1.44. The number of pyridine rings is 1. The summed E-state index contributed by atoms with van der Waals surface area (Å²) in [5.41, 5.74) is 1.04. The predicted molar refractivity (Wildman–Crippen MR) is 53.4 cm³/mol. The second-order valence-electron chi connectivity index (χ2n) is 3.27. The Bertz CT molecular complexity index is 552. The van der Waals surface area contributed by atoms with Gasteiger partial charge in [-0.2, -0.15) is 0 Å². The minimum atomic E-state index is -1.04.